The number of aromatic amines is 1. The minimum Gasteiger partial charge on any atom is -0.361 e. The summed E-state index contributed by atoms with van der Waals surface area (Å²) >= 11 is 5.71. The van der Waals surface area contributed by atoms with Gasteiger partial charge in [-0.2, -0.15) is 0 Å². The lowest BCUT2D eigenvalue weighted by Gasteiger charge is -2.32. The molecule has 1 aliphatic heterocycles. The zero-order valence-electron chi connectivity index (χ0n) is 13.3. The van der Waals surface area contributed by atoms with Crippen molar-refractivity contribution in [1.82, 2.24) is 20.2 Å². The van der Waals surface area contributed by atoms with E-state index in [2.05, 4.69) is 45.3 Å². The Morgan fingerprint density at radius 2 is 2.00 bits per heavy atom. The van der Waals surface area contributed by atoms with Crippen LogP contribution in [-0.2, 0) is 0 Å². The smallest absolute Gasteiger partial charge is 0.170 e. The number of aryl methyl sites for hydroxylation is 1. The van der Waals surface area contributed by atoms with E-state index in [0.717, 1.165) is 10.8 Å². The van der Waals surface area contributed by atoms with E-state index in [1.165, 1.54) is 37.1 Å². The maximum Gasteiger partial charge on any atom is 0.170 e. The lowest BCUT2D eigenvalue weighted by atomic mass is 10.00. The Morgan fingerprint density at radius 1 is 1.17 bits per heavy atom. The molecule has 0 unspecified atom stereocenters. The summed E-state index contributed by atoms with van der Waals surface area (Å²) in [6.07, 6.45) is 6.91. The summed E-state index contributed by atoms with van der Waals surface area (Å²) in [5, 5.41) is 4.40. The monoisotopic (exact) mass is 326 g/mol. The van der Waals surface area contributed by atoms with Gasteiger partial charge in [0, 0.05) is 23.6 Å². The van der Waals surface area contributed by atoms with Gasteiger partial charge in [-0.05, 0) is 56.2 Å². The van der Waals surface area contributed by atoms with E-state index < -0.39 is 0 Å². The molecule has 0 radical (unpaired) electrons. The Kier molecular flexibility index (Phi) is 3.81. The number of nitrogens with zero attached hydrogens (tertiary/aromatic N) is 2. The molecular weight excluding hydrogens is 304 g/mol. The SMILES string of the molecule is Cc1ccc([C@H]2[C@@H](c3ccccn3)NC(=S)N2C2CCCC2)[nH]1. The van der Waals surface area contributed by atoms with Crippen molar-refractivity contribution in [3.05, 3.63) is 53.6 Å². The van der Waals surface area contributed by atoms with E-state index >= 15 is 0 Å². The Bertz CT molecular complexity index is 690. The third-order valence-electron chi connectivity index (χ3n) is 5.03. The molecule has 2 fully saturated rings. The molecule has 2 atom stereocenters. The van der Waals surface area contributed by atoms with E-state index in [0.29, 0.717) is 6.04 Å². The van der Waals surface area contributed by atoms with Gasteiger partial charge in [0.2, 0.25) is 0 Å². The molecule has 3 heterocycles. The average molecular weight is 326 g/mol. The first-order chi connectivity index (χ1) is 11.2. The molecule has 0 amide bonds. The number of hydrogen-bond acceptors (Lipinski definition) is 2. The molecule has 1 aliphatic carbocycles. The first kappa shape index (κ1) is 14.7. The molecule has 2 aromatic heterocycles. The molecule has 1 saturated carbocycles. The third-order valence-corrected chi connectivity index (χ3v) is 5.36. The molecule has 0 spiro atoms. The minimum absolute atomic E-state index is 0.0994. The van der Waals surface area contributed by atoms with Crippen LogP contribution >= 0.6 is 12.2 Å². The van der Waals surface area contributed by atoms with Crippen molar-refractivity contribution < 1.29 is 0 Å². The highest BCUT2D eigenvalue weighted by atomic mass is 32.1. The molecular formula is C18H22N4S. The Labute approximate surface area is 142 Å². The minimum atomic E-state index is 0.0994. The molecule has 0 aromatic carbocycles. The van der Waals surface area contributed by atoms with Crippen LogP contribution in [0.3, 0.4) is 0 Å². The number of pyridine rings is 1. The van der Waals surface area contributed by atoms with Crippen LogP contribution in [0.5, 0.6) is 0 Å². The summed E-state index contributed by atoms with van der Waals surface area (Å²) in [5.41, 5.74) is 3.45. The van der Waals surface area contributed by atoms with E-state index in [1.807, 2.05) is 18.3 Å². The Balaban J connectivity index is 1.75. The number of thiocarbonyl (C=S) groups is 1. The normalized spacial score (nSPS) is 25.1. The molecule has 23 heavy (non-hydrogen) atoms. The summed E-state index contributed by atoms with van der Waals surface area (Å²) in [4.78, 5) is 10.5. The highest BCUT2D eigenvalue weighted by molar-refractivity contribution is 7.80. The van der Waals surface area contributed by atoms with Crippen LogP contribution in [0.25, 0.3) is 0 Å². The predicted molar refractivity (Wildman–Crippen MR) is 95.1 cm³/mol. The molecule has 2 N–H and O–H groups in total. The van der Waals surface area contributed by atoms with Gasteiger partial charge in [-0.3, -0.25) is 4.98 Å². The third kappa shape index (κ3) is 2.63. The second kappa shape index (κ2) is 5.96. The van der Waals surface area contributed by atoms with Gasteiger partial charge in [0.15, 0.2) is 5.11 Å². The lowest BCUT2D eigenvalue weighted by molar-refractivity contribution is 0.242. The van der Waals surface area contributed by atoms with Crippen LogP contribution < -0.4 is 5.32 Å². The van der Waals surface area contributed by atoms with Gasteiger partial charge >= 0.3 is 0 Å². The van der Waals surface area contributed by atoms with Gasteiger partial charge in [0.25, 0.3) is 0 Å². The van der Waals surface area contributed by atoms with Gasteiger partial charge in [-0.1, -0.05) is 18.9 Å². The van der Waals surface area contributed by atoms with E-state index in [9.17, 15) is 0 Å². The maximum absolute atomic E-state index is 5.71. The van der Waals surface area contributed by atoms with Crippen molar-refractivity contribution >= 4 is 17.3 Å². The second-order valence-corrected chi connectivity index (χ2v) is 6.96. The highest BCUT2D eigenvalue weighted by Gasteiger charge is 2.44. The Hall–Kier alpha value is -1.88. The van der Waals surface area contributed by atoms with Gasteiger partial charge in [0.05, 0.1) is 17.8 Å². The van der Waals surface area contributed by atoms with Crippen molar-refractivity contribution in [2.75, 3.05) is 0 Å². The van der Waals surface area contributed by atoms with Crippen molar-refractivity contribution in [3.8, 4) is 0 Å². The van der Waals surface area contributed by atoms with Crippen LogP contribution in [0.2, 0.25) is 0 Å². The Morgan fingerprint density at radius 3 is 2.65 bits per heavy atom. The summed E-state index contributed by atoms with van der Waals surface area (Å²) in [7, 11) is 0. The average Bonchev–Trinajstić information content (AvgIpc) is 3.27. The standard InChI is InChI=1S/C18H22N4S/c1-12-9-10-15(20-12)17-16(14-8-4-5-11-19-14)21-18(23)22(17)13-6-2-3-7-13/h4-5,8-11,13,16-17,20H,2-3,6-7H2,1H3,(H,21,23)/t16-,17+/m1/s1. The van der Waals surface area contributed by atoms with Gasteiger partial charge in [0.1, 0.15) is 0 Å². The predicted octanol–water partition coefficient (Wildman–Crippen LogP) is 3.63. The molecule has 4 rings (SSSR count). The summed E-state index contributed by atoms with van der Waals surface area (Å²) in [5.74, 6) is 0. The fourth-order valence-electron chi connectivity index (χ4n) is 3.97. The summed E-state index contributed by atoms with van der Waals surface area (Å²) in [6, 6.07) is 11.2. The van der Waals surface area contributed by atoms with E-state index in [-0.39, 0.29) is 12.1 Å². The van der Waals surface area contributed by atoms with Gasteiger partial charge < -0.3 is 15.2 Å². The van der Waals surface area contributed by atoms with Crippen molar-refractivity contribution in [2.45, 2.75) is 50.7 Å². The van der Waals surface area contributed by atoms with Crippen LogP contribution in [0.15, 0.2) is 36.5 Å². The summed E-state index contributed by atoms with van der Waals surface area (Å²) in [6.45, 7) is 2.10. The van der Waals surface area contributed by atoms with Crippen LogP contribution in [0, 0.1) is 6.92 Å². The number of H-pyrrole nitrogens is 1. The van der Waals surface area contributed by atoms with Crippen LogP contribution in [0.4, 0.5) is 0 Å². The quantitative estimate of drug-likeness (QED) is 0.845. The molecule has 0 bridgehead atoms. The topological polar surface area (TPSA) is 44.0 Å². The molecule has 120 valence electrons. The molecule has 5 heteroatoms. The number of aromatic nitrogens is 2. The zero-order valence-corrected chi connectivity index (χ0v) is 14.1. The van der Waals surface area contributed by atoms with Gasteiger partial charge in [-0.25, -0.2) is 0 Å². The van der Waals surface area contributed by atoms with Crippen LogP contribution in [0.1, 0.15) is 54.8 Å². The fraction of sp³-hybridized carbons (Fsp3) is 0.444. The first-order valence-corrected chi connectivity index (χ1v) is 8.80. The lowest BCUT2D eigenvalue weighted by Crippen LogP contribution is -2.37. The van der Waals surface area contributed by atoms with Gasteiger partial charge in [-0.15, -0.1) is 0 Å². The molecule has 2 aromatic rings. The van der Waals surface area contributed by atoms with Crippen LogP contribution in [-0.4, -0.2) is 26.0 Å². The van der Waals surface area contributed by atoms with Crippen molar-refractivity contribution in [2.24, 2.45) is 0 Å². The number of rotatable bonds is 3. The van der Waals surface area contributed by atoms with E-state index in [4.69, 9.17) is 12.2 Å². The van der Waals surface area contributed by atoms with Crippen molar-refractivity contribution in [3.63, 3.8) is 0 Å². The zero-order chi connectivity index (χ0) is 15.8. The maximum atomic E-state index is 5.71. The number of hydrogen-bond donors (Lipinski definition) is 2. The van der Waals surface area contributed by atoms with E-state index in [1.54, 1.807) is 0 Å². The molecule has 1 saturated heterocycles. The first-order valence-electron chi connectivity index (χ1n) is 8.39. The summed E-state index contributed by atoms with van der Waals surface area (Å²) < 4.78 is 0. The molecule has 4 nitrogen and oxygen atoms in total. The highest BCUT2D eigenvalue weighted by Crippen LogP contribution is 2.42. The number of nitrogens with one attached hydrogen (secondary N) is 2. The largest absolute Gasteiger partial charge is 0.361 e. The fourth-order valence-corrected chi connectivity index (χ4v) is 4.36. The second-order valence-electron chi connectivity index (χ2n) is 6.57. The molecule has 2 aliphatic rings. The van der Waals surface area contributed by atoms with Crippen molar-refractivity contribution in [1.29, 1.82) is 0 Å².